The number of rotatable bonds is 3. The van der Waals surface area contributed by atoms with E-state index in [9.17, 15) is 9.18 Å². The van der Waals surface area contributed by atoms with Gasteiger partial charge in [0.1, 0.15) is 5.82 Å². The van der Waals surface area contributed by atoms with E-state index < -0.39 is 5.41 Å². The maximum atomic E-state index is 13.3. The topological polar surface area (TPSA) is 44.9 Å². The van der Waals surface area contributed by atoms with Crippen molar-refractivity contribution in [3.8, 4) is 0 Å². The highest BCUT2D eigenvalue weighted by Crippen LogP contribution is 2.32. The lowest BCUT2D eigenvalue weighted by Gasteiger charge is -2.23. The van der Waals surface area contributed by atoms with Crippen molar-refractivity contribution in [3.05, 3.63) is 64.5 Å². The highest BCUT2D eigenvalue weighted by atomic mass is 79.9. The zero-order valence-electron chi connectivity index (χ0n) is 12.8. The molecule has 0 spiro atoms. The van der Waals surface area contributed by atoms with Crippen LogP contribution < -0.4 is 5.32 Å². The van der Waals surface area contributed by atoms with E-state index in [0.29, 0.717) is 5.52 Å². The number of carbonyl (C=O) groups excluding carboxylic acids is 1. The molecule has 0 radical (unpaired) electrons. The van der Waals surface area contributed by atoms with Gasteiger partial charge in [-0.1, -0.05) is 15.9 Å². The summed E-state index contributed by atoms with van der Waals surface area (Å²) in [6.07, 6.45) is 1.77. The van der Waals surface area contributed by atoms with E-state index in [1.165, 1.54) is 12.1 Å². The van der Waals surface area contributed by atoms with Crippen LogP contribution in [0.3, 0.4) is 0 Å². The smallest absolute Gasteiger partial charge is 0.234 e. The minimum Gasteiger partial charge on any atom is -0.361 e. The molecule has 0 saturated heterocycles. The number of aromatic nitrogens is 1. The average molecular weight is 375 g/mol. The Kier molecular flexibility index (Phi) is 3.98. The summed E-state index contributed by atoms with van der Waals surface area (Å²) in [5.74, 6) is -0.423. The number of benzene rings is 2. The van der Waals surface area contributed by atoms with E-state index in [1.54, 1.807) is 12.3 Å². The third kappa shape index (κ3) is 3.01. The number of nitrogens with one attached hydrogen (secondary N) is 2. The van der Waals surface area contributed by atoms with E-state index in [4.69, 9.17) is 0 Å². The van der Waals surface area contributed by atoms with Gasteiger partial charge in [0.2, 0.25) is 5.91 Å². The number of halogens is 2. The molecule has 0 atom stereocenters. The number of fused-ring (bicyclic) bond motifs is 1. The van der Waals surface area contributed by atoms with Gasteiger partial charge in [-0.15, -0.1) is 0 Å². The van der Waals surface area contributed by atoms with E-state index in [1.807, 2.05) is 38.1 Å². The third-order valence-corrected chi connectivity index (χ3v) is 4.52. The van der Waals surface area contributed by atoms with Gasteiger partial charge >= 0.3 is 0 Å². The van der Waals surface area contributed by atoms with Crippen LogP contribution in [0.15, 0.2) is 53.1 Å². The van der Waals surface area contributed by atoms with Crippen LogP contribution >= 0.6 is 15.9 Å². The molecule has 0 bridgehead atoms. The Morgan fingerprint density at radius 3 is 2.57 bits per heavy atom. The van der Waals surface area contributed by atoms with Crippen LogP contribution in [0.25, 0.3) is 10.9 Å². The first kappa shape index (κ1) is 15.7. The van der Waals surface area contributed by atoms with Gasteiger partial charge in [0, 0.05) is 27.3 Å². The van der Waals surface area contributed by atoms with Crippen molar-refractivity contribution >= 4 is 38.4 Å². The van der Waals surface area contributed by atoms with Crippen LogP contribution in [-0.2, 0) is 10.2 Å². The summed E-state index contributed by atoms with van der Waals surface area (Å²) in [7, 11) is 0. The molecular formula is C18H16BrFN2O. The second-order valence-electron chi connectivity index (χ2n) is 5.98. The first-order valence-corrected chi connectivity index (χ1v) is 8.01. The molecule has 5 heteroatoms. The molecule has 23 heavy (non-hydrogen) atoms. The average Bonchev–Trinajstić information content (AvgIpc) is 2.93. The minimum atomic E-state index is -0.761. The van der Waals surface area contributed by atoms with Crippen molar-refractivity contribution in [2.45, 2.75) is 19.3 Å². The predicted octanol–water partition coefficient (Wildman–Crippen LogP) is 4.99. The molecule has 3 aromatic rings. The van der Waals surface area contributed by atoms with Crippen LogP contribution in [0, 0.1) is 5.82 Å². The predicted molar refractivity (Wildman–Crippen MR) is 94.1 cm³/mol. The van der Waals surface area contributed by atoms with E-state index >= 15 is 0 Å². The number of anilines is 1. The molecule has 0 aliphatic heterocycles. The lowest BCUT2D eigenvalue weighted by Crippen LogP contribution is -2.34. The number of amides is 1. The van der Waals surface area contributed by atoms with Crippen LogP contribution in [0.2, 0.25) is 0 Å². The van der Waals surface area contributed by atoms with Gasteiger partial charge < -0.3 is 10.3 Å². The van der Waals surface area contributed by atoms with Crippen molar-refractivity contribution < 1.29 is 9.18 Å². The maximum absolute atomic E-state index is 13.3. The van der Waals surface area contributed by atoms with Gasteiger partial charge in [0.15, 0.2) is 0 Å². The number of aromatic amines is 1. The summed E-state index contributed by atoms with van der Waals surface area (Å²) in [5, 5.41) is 3.78. The molecule has 0 aliphatic rings. The standard InChI is InChI=1S/C18H16BrFN2O/c1-18(2,17(23)22-13-6-3-11(19)4-7-13)15-10-21-16-9-12(20)5-8-14(15)16/h3-10,21H,1-2H3,(H,22,23). The van der Waals surface area contributed by atoms with E-state index in [2.05, 4.69) is 26.2 Å². The first-order valence-electron chi connectivity index (χ1n) is 7.22. The quantitative estimate of drug-likeness (QED) is 0.666. The van der Waals surface area contributed by atoms with Crippen molar-refractivity contribution in [2.24, 2.45) is 0 Å². The van der Waals surface area contributed by atoms with Gasteiger partial charge in [-0.05, 0) is 61.9 Å². The molecular weight excluding hydrogens is 359 g/mol. The molecule has 1 amide bonds. The summed E-state index contributed by atoms with van der Waals surface area (Å²) < 4.78 is 14.3. The van der Waals surface area contributed by atoms with E-state index in [0.717, 1.165) is 21.1 Å². The Morgan fingerprint density at radius 1 is 1.17 bits per heavy atom. The van der Waals surface area contributed by atoms with E-state index in [-0.39, 0.29) is 11.7 Å². The zero-order valence-corrected chi connectivity index (χ0v) is 14.4. The molecule has 1 heterocycles. The summed E-state index contributed by atoms with van der Waals surface area (Å²) in [6, 6.07) is 12.0. The SMILES string of the molecule is CC(C)(C(=O)Nc1ccc(Br)cc1)c1c[nH]c2cc(F)ccc12. The Bertz CT molecular complexity index is 868. The monoisotopic (exact) mass is 374 g/mol. The highest BCUT2D eigenvalue weighted by Gasteiger charge is 2.32. The molecule has 2 aromatic carbocycles. The Morgan fingerprint density at radius 2 is 1.87 bits per heavy atom. The number of hydrogen-bond donors (Lipinski definition) is 2. The maximum Gasteiger partial charge on any atom is 0.234 e. The summed E-state index contributed by atoms with van der Waals surface area (Å²) in [6.45, 7) is 3.71. The van der Waals surface area contributed by atoms with Crippen LogP contribution in [0.5, 0.6) is 0 Å². The normalized spacial score (nSPS) is 11.7. The molecule has 2 N–H and O–H groups in total. The molecule has 0 unspecified atom stereocenters. The molecule has 3 rings (SSSR count). The number of carbonyl (C=O) groups is 1. The van der Waals surface area contributed by atoms with Gasteiger partial charge in [0.05, 0.1) is 5.41 Å². The summed E-state index contributed by atoms with van der Waals surface area (Å²) >= 11 is 3.37. The fourth-order valence-electron chi connectivity index (χ4n) is 2.56. The highest BCUT2D eigenvalue weighted by molar-refractivity contribution is 9.10. The second kappa shape index (κ2) is 5.81. The van der Waals surface area contributed by atoms with Crippen LogP contribution in [-0.4, -0.2) is 10.9 Å². The summed E-state index contributed by atoms with van der Waals surface area (Å²) in [4.78, 5) is 15.8. The number of H-pyrrole nitrogens is 1. The second-order valence-corrected chi connectivity index (χ2v) is 6.89. The lowest BCUT2D eigenvalue weighted by atomic mass is 9.83. The largest absolute Gasteiger partial charge is 0.361 e. The molecule has 3 nitrogen and oxygen atoms in total. The summed E-state index contributed by atoms with van der Waals surface area (Å²) in [5.41, 5.74) is 1.49. The molecule has 118 valence electrons. The molecule has 1 aromatic heterocycles. The lowest BCUT2D eigenvalue weighted by molar-refractivity contribution is -0.120. The third-order valence-electron chi connectivity index (χ3n) is 3.99. The molecule has 0 aliphatic carbocycles. The minimum absolute atomic E-state index is 0.120. The Balaban J connectivity index is 1.92. The fourth-order valence-corrected chi connectivity index (χ4v) is 2.82. The zero-order chi connectivity index (χ0) is 16.6. The van der Waals surface area contributed by atoms with Crippen molar-refractivity contribution in [3.63, 3.8) is 0 Å². The van der Waals surface area contributed by atoms with Crippen LogP contribution in [0.1, 0.15) is 19.4 Å². The van der Waals surface area contributed by atoms with Crippen molar-refractivity contribution in [1.82, 2.24) is 4.98 Å². The first-order chi connectivity index (χ1) is 10.9. The van der Waals surface area contributed by atoms with Gasteiger partial charge in [-0.3, -0.25) is 4.79 Å². The van der Waals surface area contributed by atoms with Crippen LogP contribution in [0.4, 0.5) is 10.1 Å². The Hall–Kier alpha value is -2.14. The molecule has 0 saturated carbocycles. The van der Waals surface area contributed by atoms with Gasteiger partial charge in [-0.25, -0.2) is 4.39 Å². The number of hydrogen-bond acceptors (Lipinski definition) is 1. The fraction of sp³-hybridized carbons (Fsp3) is 0.167. The van der Waals surface area contributed by atoms with Crippen molar-refractivity contribution in [2.75, 3.05) is 5.32 Å². The van der Waals surface area contributed by atoms with Gasteiger partial charge in [0.25, 0.3) is 0 Å². The molecule has 0 fully saturated rings. The van der Waals surface area contributed by atoms with Crippen molar-refractivity contribution in [1.29, 1.82) is 0 Å². The van der Waals surface area contributed by atoms with Gasteiger partial charge in [-0.2, -0.15) is 0 Å². The Labute approximate surface area is 142 Å².